The Kier molecular flexibility index (Phi) is 1.65. The van der Waals surface area contributed by atoms with Gasteiger partial charge in [0.2, 0.25) is 5.75 Å². The average molecular weight is 207 g/mol. The fraction of sp³-hybridized carbons (Fsp3) is 0.455. The van der Waals surface area contributed by atoms with Crippen molar-refractivity contribution in [1.82, 2.24) is 0 Å². The van der Waals surface area contributed by atoms with Crippen molar-refractivity contribution in [3.05, 3.63) is 17.7 Å². The van der Waals surface area contributed by atoms with Gasteiger partial charge in [0.1, 0.15) is 13.2 Å². The molecule has 3 rings (SSSR count). The molecule has 15 heavy (non-hydrogen) atoms. The normalized spacial score (nSPS) is 21.1. The molecule has 0 saturated heterocycles. The van der Waals surface area contributed by atoms with Gasteiger partial charge in [0.15, 0.2) is 11.5 Å². The molecule has 0 unspecified atom stereocenters. The number of ether oxygens (including phenoxy) is 2. The number of hydrogen-bond acceptors (Lipinski definition) is 4. The number of phenols is 1. The molecule has 0 bridgehead atoms. The van der Waals surface area contributed by atoms with Crippen molar-refractivity contribution in [1.29, 1.82) is 0 Å². The number of rotatable bonds is 1. The van der Waals surface area contributed by atoms with Gasteiger partial charge in [-0.1, -0.05) is 0 Å². The van der Waals surface area contributed by atoms with Crippen LogP contribution in [-0.4, -0.2) is 18.3 Å². The third kappa shape index (κ3) is 1.25. The zero-order valence-corrected chi connectivity index (χ0v) is 8.32. The van der Waals surface area contributed by atoms with Crippen molar-refractivity contribution in [2.24, 2.45) is 5.73 Å². The van der Waals surface area contributed by atoms with Gasteiger partial charge in [0.05, 0.1) is 0 Å². The van der Waals surface area contributed by atoms with Crippen LogP contribution in [0.3, 0.4) is 0 Å². The van der Waals surface area contributed by atoms with E-state index in [2.05, 4.69) is 0 Å². The summed E-state index contributed by atoms with van der Waals surface area (Å²) in [7, 11) is 0. The molecule has 1 aliphatic heterocycles. The van der Waals surface area contributed by atoms with Crippen LogP contribution < -0.4 is 15.2 Å². The number of aromatic hydroxyl groups is 1. The molecular weight excluding hydrogens is 194 g/mol. The largest absolute Gasteiger partial charge is 0.504 e. The highest BCUT2D eigenvalue weighted by atomic mass is 16.6. The lowest BCUT2D eigenvalue weighted by molar-refractivity contribution is 0.165. The van der Waals surface area contributed by atoms with Crippen LogP contribution in [0.1, 0.15) is 18.4 Å². The van der Waals surface area contributed by atoms with Crippen LogP contribution >= 0.6 is 0 Å². The van der Waals surface area contributed by atoms with E-state index in [0.717, 1.165) is 18.4 Å². The minimum absolute atomic E-state index is 0.146. The molecular formula is C11H13NO3. The van der Waals surface area contributed by atoms with Crippen LogP contribution in [0.25, 0.3) is 0 Å². The molecule has 1 aliphatic carbocycles. The zero-order valence-electron chi connectivity index (χ0n) is 8.32. The molecule has 3 N–H and O–H groups in total. The van der Waals surface area contributed by atoms with Gasteiger partial charge in [0, 0.05) is 11.1 Å². The SMILES string of the molecule is NC1(c2ccc3c(c2O)OCCO3)CC1. The van der Waals surface area contributed by atoms with Crippen LogP contribution in [0, 0.1) is 0 Å². The highest BCUT2D eigenvalue weighted by Crippen LogP contribution is 2.51. The van der Waals surface area contributed by atoms with Crippen molar-refractivity contribution in [2.75, 3.05) is 13.2 Å². The predicted molar refractivity (Wildman–Crippen MR) is 54.2 cm³/mol. The summed E-state index contributed by atoms with van der Waals surface area (Å²) in [6.45, 7) is 1.00. The molecule has 1 aromatic rings. The molecule has 2 aliphatic rings. The van der Waals surface area contributed by atoms with E-state index in [4.69, 9.17) is 15.2 Å². The first kappa shape index (κ1) is 8.85. The van der Waals surface area contributed by atoms with Gasteiger partial charge >= 0.3 is 0 Å². The Balaban J connectivity index is 2.11. The highest BCUT2D eigenvalue weighted by Gasteiger charge is 2.43. The van der Waals surface area contributed by atoms with Gasteiger partial charge in [-0.25, -0.2) is 0 Å². The number of phenolic OH excluding ortho intramolecular Hbond substituents is 1. The summed E-state index contributed by atoms with van der Waals surface area (Å²) in [5.74, 6) is 1.19. The minimum atomic E-state index is -0.347. The van der Waals surface area contributed by atoms with E-state index >= 15 is 0 Å². The summed E-state index contributed by atoms with van der Waals surface area (Å²) in [4.78, 5) is 0. The second kappa shape index (κ2) is 2.79. The Morgan fingerprint density at radius 3 is 2.67 bits per heavy atom. The van der Waals surface area contributed by atoms with Crippen molar-refractivity contribution in [3.8, 4) is 17.2 Å². The summed E-state index contributed by atoms with van der Waals surface area (Å²) < 4.78 is 10.8. The van der Waals surface area contributed by atoms with Crippen molar-refractivity contribution < 1.29 is 14.6 Å². The van der Waals surface area contributed by atoms with Crippen molar-refractivity contribution >= 4 is 0 Å². The van der Waals surface area contributed by atoms with Gasteiger partial charge < -0.3 is 20.3 Å². The zero-order chi connectivity index (χ0) is 10.5. The number of fused-ring (bicyclic) bond motifs is 1. The Bertz CT molecular complexity index is 413. The molecule has 0 spiro atoms. The lowest BCUT2D eigenvalue weighted by atomic mass is 10.0. The van der Waals surface area contributed by atoms with Crippen LogP contribution in [0.2, 0.25) is 0 Å². The van der Waals surface area contributed by atoms with E-state index in [1.54, 1.807) is 0 Å². The van der Waals surface area contributed by atoms with Crippen LogP contribution in [0.15, 0.2) is 12.1 Å². The van der Waals surface area contributed by atoms with E-state index in [9.17, 15) is 5.11 Å². The van der Waals surface area contributed by atoms with Gasteiger partial charge in [0.25, 0.3) is 0 Å². The Morgan fingerprint density at radius 2 is 1.93 bits per heavy atom. The van der Waals surface area contributed by atoms with Crippen LogP contribution in [0.4, 0.5) is 0 Å². The lowest BCUT2D eigenvalue weighted by Crippen LogP contribution is -2.21. The number of nitrogens with two attached hydrogens (primary N) is 1. The van der Waals surface area contributed by atoms with Gasteiger partial charge in [-0.15, -0.1) is 0 Å². The van der Waals surface area contributed by atoms with Gasteiger partial charge in [-0.05, 0) is 25.0 Å². The lowest BCUT2D eigenvalue weighted by Gasteiger charge is -2.22. The number of hydrogen-bond donors (Lipinski definition) is 2. The standard InChI is InChI=1S/C11H13NO3/c12-11(3-4-11)7-1-2-8-10(9(7)13)15-6-5-14-8/h1-2,13H,3-6,12H2. The minimum Gasteiger partial charge on any atom is -0.504 e. The van der Waals surface area contributed by atoms with E-state index in [0.29, 0.717) is 24.7 Å². The van der Waals surface area contributed by atoms with Gasteiger partial charge in [-0.3, -0.25) is 0 Å². The van der Waals surface area contributed by atoms with Crippen LogP contribution in [0.5, 0.6) is 17.2 Å². The molecule has 4 nitrogen and oxygen atoms in total. The fourth-order valence-electron chi connectivity index (χ4n) is 1.91. The molecule has 0 atom stereocenters. The molecule has 0 amide bonds. The Hall–Kier alpha value is -1.42. The molecule has 1 aromatic carbocycles. The molecule has 1 fully saturated rings. The smallest absolute Gasteiger partial charge is 0.203 e. The molecule has 80 valence electrons. The molecule has 1 saturated carbocycles. The Morgan fingerprint density at radius 1 is 1.20 bits per heavy atom. The van der Waals surface area contributed by atoms with E-state index in [-0.39, 0.29) is 11.3 Å². The number of benzene rings is 1. The molecule has 4 heteroatoms. The highest BCUT2D eigenvalue weighted by molar-refractivity contribution is 5.58. The maximum Gasteiger partial charge on any atom is 0.203 e. The monoisotopic (exact) mass is 207 g/mol. The second-order valence-electron chi connectivity index (χ2n) is 4.14. The van der Waals surface area contributed by atoms with Crippen molar-refractivity contribution in [3.63, 3.8) is 0 Å². The molecule has 0 aromatic heterocycles. The predicted octanol–water partition coefficient (Wildman–Crippen LogP) is 1.11. The third-order valence-corrected chi connectivity index (χ3v) is 3.01. The van der Waals surface area contributed by atoms with E-state index in [1.807, 2.05) is 12.1 Å². The fourth-order valence-corrected chi connectivity index (χ4v) is 1.91. The van der Waals surface area contributed by atoms with E-state index in [1.165, 1.54) is 0 Å². The maximum absolute atomic E-state index is 10.0. The summed E-state index contributed by atoms with van der Waals surface area (Å²) in [6, 6.07) is 3.65. The van der Waals surface area contributed by atoms with Gasteiger partial charge in [-0.2, -0.15) is 0 Å². The Labute approximate surface area is 87.6 Å². The first-order valence-electron chi connectivity index (χ1n) is 5.12. The third-order valence-electron chi connectivity index (χ3n) is 3.01. The first-order chi connectivity index (χ1) is 7.21. The second-order valence-corrected chi connectivity index (χ2v) is 4.14. The molecule has 0 radical (unpaired) electrons. The quantitative estimate of drug-likeness (QED) is 0.724. The first-order valence-corrected chi connectivity index (χ1v) is 5.12. The van der Waals surface area contributed by atoms with E-state index < -0.39 is 0 Å². The summed E-state index contributed by atoms with van der Waals surface area (Å²) >= 11 is 0. The molecule has 1 heterocycles. The average Bonchev–Trinajstić information content (AvgIpc) is 2.98. The maximum atomic E-state index is 10.0. The van der Waals surface area contributed by atoms with Crippen LogP contribution in [-0.2, 0) is 5.54 Å². The summed E-state index contributed by atoms with van der Waals surface area (Å²) in [5, 5.41) is 10.0. The summed E-state index contributed by atoms with van der Waals surface area (Å²) in [5.41, 5.74) is 6.47. The van der Waals surface area contributed by atoms with Crippen molar-refractivity contribution in [2.45, 2.75) is 18.4 Å². The summed E-state index contributed by atoms with van der Waals surface area (Å²) in [6.07, 6.45) is 1.83. The topological polar surface area (TPSA) is 64.7 Å².